The van der Waals surface area contributed by atoms with E-state index < -0.39 is 0 Å². The second-order valence-electron chi connectivity index (χ2n) is 8.22. The average molecular weight is 476 g/mol. The van der Waals surface area contributed by atoms with Gasteiger partial charge < -0.3 is 34.6 Å². The largest absolute Gasteiger partial charge is 0.494 e. The highest BCUT2D eigenvalue weighted by molar-refractivity contribution is 6.00. The van der Waals surface area contributed by atoms with Gasteiger partial charge in [-0.2, -0.15) is 4.98 Å². The van der Waals surface area contributed by atoms with E-state index in [1.165, 1.54) is 6.08 Å². The average Bonchev–Trinajstić information content (AvgIpc) is 3.48. The van der Waals surface area contributed by atoms with Crippen molar-refractivity contribution in [3.05, 3.63) is 55.5 Å². The van der Waals surface area contributed by atoms with Crippen LogP contribution < -0.4 is 20.1 Å². The predicted octanol–water partition coefficient (Wildman–Crippen LogP) is 3.78. The van der Waals surface area contributed by atoms with Crippen molar-refractivity contribution < 1.29 is 14.3 Å². The number of H-pyrrole nitrogens is 1. The molecule has 0 spiro atoms. The third-order valence-corrected chi connectivity index (χ3v) is 5.31. The number of likely N-dealkylation sites (N-methyl/N-ethyl adjacent to an activating group) is 1. The number of benzene rings is 1. The number of hydrogen-bond acceptors (Lipinski definition) is 7. The van der Waals surface area contributed by atoms with Gasteiger partial charge in [-0.05, 0) is 38.4 Å². The Morgan fingerprint density at radius 3 is 2.74 bits per heavy atom. The van der Waals surface area contributed by atoms with Gasteiger partial charge in [-0.25, -0.2) is 4.98 Å². The van der Waals surface area contributed by atoms with E-state index in [9.17, 15) is 4.79 Å². The Kier molecular flexibility index (Phi) is 7.02. The first kappa shape index (κ1) is 23.8. The molecule has 0 fully saturated rings. The van der Waals surface area contributed by atoms with Crippen molar-refractivity contribution in [2.75, 3.05) is 45.0 Å². The number of aryl methyl sites for hydroxylation is 1. The van der Waals surface area contributed by atoms with Crippen LogP contribution in [0.2, 0.25) is 0 Å². The number of nitrogens with one attached hydrogen (secondary N) is 3. The molecule has 4 rings (SSSR count). The van der Waals surface area contributed by atoms with E-state index in [0.717, 1.165) is 16.6 Å². The number of amides is 1. The summed E-state index contributed by atoms with van der Waals surface area (Å²) in [6.07, 6.45) is 7.01. The molecule has 0 saturated carbocycles. The second-order valence-corrected chi connectivity index (χ2v) is 8.22. The van der Waals surface area contributed by atoms with Crippen LogP contribution in [0, 0.1) is 0 Å². The van der Waals surface area contributed by atoms with Gasteiger partial charge in [0.05, 0.1) is 24.2 Å². The van der Waals surface area contributed by atoms with E-state index >= 15 is 0 Å². The lowest BCUT2D eigenvalue weighted by Gasteiger charge is -2.18. The Hall–Kier alpha value is -4.31. The normalized spacial score (nSPS) is 11.0. The van der Waals surface area contributed by atoms with Crippen molar-refractivity contribution in [1.82, 2.24) is 24.4 Å². The molecule has 0 aliphatic carbocycles. The lowest BCUT2D eigenvalue weighted by Crippen LogP contribution is -2.20. The molecule has 35 heavy (non-hydrogen) atoms. The van der Waals surface area contributed by atoms with Crippen molar-refractivity contribution in [3.8, 4) is 22.8 Å². The number of carbonyl (C=O) groups is 1. The van der Waals surface area contributed by atoms with Crippen molar-refractivity contribution in [3.63, 3.8) is 0 Å². The number of anilines is 3. The van der Waals surface area contributed by atoms with Crippen LogP contribution in [0.15, 0.2) is 55.5 Å². The maximum Gasteiger partial charge on any atom is 0.247 e. The molecule has 10 nitrogen and oxygen atoms in total. The van der Waals surface area contributed by atoms with Gasteiger partial charge >= 0.3 is 0 Å². The van der Waals surface area contributed by atoms with E-state index in [1.54, 1.807) is 19.2 Å². The standard InChI is InChI=1S/C25H29N7O3/c1-6-22(33)27-19-13-18(20(34-5)14-21(19)35-12-11-31(2)3)28-25-29-23(16-8-10-32(4)15-16)17-7-9-26-24(17)30-25/h6-10,13-15H,1,11-12H2,2-5H3,(H,27,33)(H2,26,28,29,30). The Morgan fingerprint density at radius 2 is 2.06 bits per heavy atom. The molecule has 3 N–H and O–H groups in total. The molecule has 1 aromatic carbocycles. The summed E-state index contributed by atoms with van der Waals surface area (Å²) >= 11 is 0. The quantitative estimate of drug-likeness (QED) is 0.300. The lowest BCUT2D eigenvalue weighted by atomic mass is 10.2. The lowest BCUT2D eigenvalue weighted by molar-refractivity contribution is -0.111. The second kappa shape index (κ2) is 10.3. The number of carbonyl (C=O) groups excluding carboxylic acids is 1. The van der Waals surface area contributed by atoms with Crippen molar-refractivity contribution >= 4 is 34.3 Å². The van der Waals surface area contributed by atoms with Gasteiger partial charge in [0.1, 0.15) is 23.8 Å². The fraction of sp³-hybridized carbons (Fsp3) is 0.240. The summed E-state index contributed by atoms with van der Waals surface area (Å²) < 4.78 is 13.5. The van der Waals surface area contributed by atoms with Crippen molar-refractivity contribution in [2.24, 2.45) is 7.05 Å². The molecule has 0 atom stereocenters. The maximum absolute atomic E-state index is 12.1. The van der Waals surface area contributed by atoms with Crippen LogP contribution in [-0.4, -0.2) is 64.7 Å². The van der Waals surface area contributed by atoms with E-state index in [1.807, 2.05) is 61.3 Å². The number of nitrogens with zero attached hydrogens (tertiary/aromatic N) is 4. The third kappa shape index (κ3) is 5.44. The van der Waals surface area contributed by atoms with Gasteiger partial charge in [0, 0.05) is 49.2 Å². The zero-order valence-corrected chi connectivity index (χ0v) is 20.3. The first-order chi connectivity index (χ1) is 16.9. The van der Waals surface area contributed by atoms with Crippen LogP contribution in [0.1, 0.15) is 0 Å². The number of ether oxygens (including phenoxy) is 2. The van der Waals surface area contributed by atoms with Gasteiger partial charge in [0.25, 0.3) is 0 Å². The smallest absolute Gasteiger partial charge is 0.247 e. The van der Waals surface area contributed by atoms with Gasteiger partial charge in [-0.15, -0.1) is 0 Å². The summed E-state index contributed by atoms with van der Waals surface area (Å²) in [4.78, 5) is 26.6. The monoisotopic (exact) mass is 475 g/mol. The zero-order chi connectivity index (χ0) is 24.9. The van der Waals surface area contributed by atoms with Crippen LogP contribution in [0.3, 0.4) is 0 Å². The number of aromatic amines is 1. The number of rotatable bonds is 10. The summed E-state index contributed by atoms with van der Waals surface area (Å²) in [5.74, 6) is 1.02. The number of hydrogen-bond donors (Lipinski definition) is 3. The zero-order valence-electron chi connectivity index (χ0n) is 20.3. The van der Waals surface area contributed by atoms with E-state index in [4.69, 9.17) is 14.5 Å². The maximum atomic E-state index is 12.1. The van der Waals surface area contributed by atoms with Crippen LogP contribution in [0.25, 0.3) is 22.3 Å². The van der Waals surface area contributed by atoms with E-state index in [2.05, 4.69) is 27.2 Å². The Labute approximate surface area is 203 Å². The number of fused-ring (bicyclic) bond motifs is 1. The molecule has 0 bridgehead atoms. The predicted molar refractivity (Wildman–Crippen MR) is 137 cm³/mol. The van der Waals surface area contributed by atoms with Gasteiger partial charge in [-0.3, -0.25) is 4.79 Å². The molecule has 1 amide bonds. The SMILES string of the molecule is C=CC(=O)Nc1cc(Nc2nc(-c3ccn(C)c3)c3cc[nH]c3n2)c(OC)cc1OCCN(C)C. The van der Waals surface area contributed by atoms with Gasteiger partial charge in [0.2, 0.25) is 11.9 Å². The van der Waals surface area contributed by atoms with E-state index in [0.29, 0.717) is 47.6 Å². The molecule has 0 radical (unpaired) electrons. The first-order valence-corrected chi connectivity index (χ1v) is 11.1. The molecule has 0 saturated heterocycles. The minimum absolute atomic E-state index is 0.353. The van der Waals surface area contributed by atoms with Gasteiger partial charge in [-0.1, -0.05) is 6.58 Å². The van der Waals surface area contributed by atoms with Crippen molar-refractivity contribution in [1.29, 1.82) is 0 Å². The highest BCUT2D eigenvalue weighted by Crippen LogP contribution is 2.38. The highest BCUT2D eigenvalue weighted by atomic mass is 16.5. The topological polar surface area (TPSA) is 109 Å². The Bertz CT molecular complexity index is 1360. The molecule has 3 aromatic heterocycles. The number of methoxy groups -OCH3 is 1. The van der Waals surface area contributed by atoms with Gasteiger partial charge in [0.15, 0.2) is 0 Å². The summed E-state index contributed by atoms with van der Waals surface area (Å²) in [5.41, 5.74) is 3.50. The third-order valence-electron chi connectivity index (χ3n) is 5.31. The molecular formula is C25H29N7O3. The Balaban J connectivity index is 1.73. The van der Waals surface area contributed by atoms with E-state index in [-0.39, 0.29) is 5.91 Å². The highest BCUT2D eigenvalue weighted by Gasteiger charge is 2.17. The molecule has 3 heterocycles. The van der Waals surface area contributed by atoms with Crippen LogP contribution in [0.5, 0.6) is 11.5 Å². The fourth-order valence-corrected chi connectivity index (χ4v) is 3.55. The molecule has 0 unspecified atom stereocenters. The summed E-state index contributed by atoms with van der Waals surface area (Å²) in [7, 11) is 7.45. The van der Waals surface area contributed by atoms with Crippen LogP contribution in [0.4, 0.5) is 17.3 Å². The first-order valence-electron chi connectivity index (χ1n) is 11.1. The molecule has 0 aliphatic rings. The molecule has 10 heteroatoms. The number of aromatic nitrogens is 4. The summed E-state index contributed by atoms with van der Waals surface area (Å²) in [6.45, 7) is 4.68. The minimum Gasteiger partial charge on any atom is -0.494 e. The molecule has 0 aliphatic heterocycles. The Morgan fingerprint density at radius 1 is 1.23 bits per heavy atom. The minimum atomic E-state index is -0.353. The molecule has 182 valence electrons. The molecule has 4 aromatic rings. The van der Waals surface area contributed by atoms with Crippen LogP contribution in [-0.2, 0) is 11.8 Å². The van der Waals surface area contributed by atoms with Crippen molar-refractivity contribution in [2.45, 2.75) is 0 Å². The molecular weight excluding hydrogens is 446 g/mol. The fourth-order valence-electron chi connectivity index (χ4n) is 3.55. The van der Waals surface area contributed by atoms with Crippen LogP contribution >= 0.6 is 0 Å². The summed E-state index contributed by atoms with van der Waals surface area (Å²) in [6, 6.07) is 7.41. The summed E-state index contributed by atoms with van der Waals surface area (Å²) in [5, 5.41) is 6.96.